The van der Waals surface area contributed by atoms with E-state index in [1.807, 2.05) is 0 Å². The zero-order valence-electron chi connectivity index (χ0n) is 20.0. The Hall–Kier alpha value is -4.51. The van der Waals surface area contributed by atoms with Crippen molar-refractivity contribution in [1.29, 1.82) is 0 Å². The SMILES string of the molecule is COc1ccn([C@H]2O[C@H](COC(=O)c3ccccc3)[C@@H](OC(C)=O)[C@@H]2OC(=O)c2ccccc2)c(=O)n1. The molecule has 2 aromatic carbocycles. The molecule has 4 atom stereocenters. The zero-order valence-corrected chi connectivity index (χ0v) is 20.0. The van der Waals surface area contributed by atoms with Crippen LogP contribution in [0.2, 0.25) is 0 Å². The summed E-state index contributed by atoms with van der Waals surface area (Å²) in [7, 11) is 1.36. The highest BCUT2D eigenvalue weighted by Crippen LogP contribution is 2.34. The highest BCUT2D eigenvalue weighted by molar-refractivity contribution is 5.90. The summed E-state index contributed by atoms with van der Waals surface area (Å²) in [6, 6.07) is 17.9. The van der Waals surface area contributed by atoms with Gasteiger partial charge in [0.15, 0.2) is 18.4 Å². The number of hydrogen-bond donors (Lipinski definition) is 0. The highest BCUT2D eigenvalue weighted by atomic mass is 16.7. The van der Waals surface area contributed by atoms with Gasteiger partial charge in [-0.15, -0.1) is 0 Å². The largest absolute Gasteiger partial charge is 0.481 e. The molecule has 1 aliphatic heterocycles. The summed E-state index contributed by atoms with van der Waals surface area (Å²) in [4.78, 5) is 53.9. The lowest BCUT2D eigenvalue weighted by atomic mass is 10.1. The molecule has 0 bridgehead atoms. The van der Waals surface area contributed by atoms with Crippen LogP contribution in [-0.4, -0.2) is 59.5 Å². The first-order valence-corrected chi connectivity index (χ1v) is 11.3. The molecule has 0 unspecified atom stereocenters. The Kier molecular flexibility index (Phi) is 7.94. The Labute approximate surface area is 211 Å². The molecule has 37 heavy (non-hydrogen) atoms. The van der Waals surface area contributed by atoms with Gasteiger partial charge in [0.25, 0.3) is 0 Å². The van der Waals surface area contributed by atoms with Gasteiger partial charge in [0.05, 0.1) is 18.2 Å². The van der Waals surface area contributed by atoms with E-state index in [4.69, 9.17) is 23.7 Å². The van der Waals surface area contributed by atoms with E-state index in [1.165, 1.54) is 26.3 Å². The number of ether oxygens (including phenoxy) is 5. The van der Waals surface area contributed by atoms with E-state index < -0.39 is 48.1 Å². The number of methoxy groups -OCH3 is 1. The van der Waals surface area contributed by atoms with E-state index >= 15 is 0 Å². The predicted molar refractivity (Wildman–Crippen MR) is 127 cm³/mol. The van der Waals surface area contributed by atoms with Crippen molar-refractivity contribution in [1.82, 2.24) is 9.55 Å². The predicted octanol–water partition coefficient (Wildman–Crippen LogP) is 2.16. The van der Waals surface area contributed by atoms with Crippen LogP contribution in [-0.2, 0) is 23.7 Å². The van der Waals surface area contributed by atoms with Gasteiger partial charge in [0.2, 0.25) is 5.88 Å². The van der Waals surface area contributed by atoms with Crippen LogP contribution in [0.4, 0.5) is 0 Å². The summed E-state index contributed by atoms with van der Waals surface area (Å²) in [5, 5.41) is 0. The third kappa shape index (κ3) is 6.01. The van der Waals surface area contributed by atoms with Crippen molar-refractivity contribution in [3.05, 3.63) is 94.5 Å². The molecule has 0 N–H and O–H groups in total. The average molecular weight is 508 g/mol. The number of rotatable bonds is 8. The quantitative estimate of drug-likeness (QED) is 0.329. The van der Waals surface area contributed by atoms with Crippen molar-refractivity contribution >= 4 is 17.9 Å². The van der Waals surface area contributed by atoms with E-state index in [9.17, 15) is 19.2 Å². The first-order chi connectivity index (χ1) is 17.9. The highest BCUT2D eigenvalue weighted by Gasteiger charge is 2.51. The molecule has 3 aromatic rings. The smallest absolute Gasteiger partial charge is 0.353 e. The van der Waals surface area contributed by atoms with Gasteiger partial charge < -0.3 is 23.7 Å². The Morgan fingerprint density at radius 1 is 0.892 bits per heavy atom. The molecule has 2 heterocycles. The van der Waals surface area contributed by atoms with Crippen LogP contribution >= 0.6 is 0 Å². The molecule has 0 amide bonds. The van der Waals surface area contributed by atoms with Gasteiger partial charge in [-0.05, 0) is 24.3 Å². The second kappa shape index (κ2) is 11.5. The number of carbonyl (C=O) groups is 3. The van der Waals surface area contributed by atoms with Gasteiger partial charge >= 0.3 is 23.6 Å². The molecule has 1 saturated heterocycles. The number of benzene rings is 2. The standard InChI is InChI=1S/C26H24N2O9/c1-16(29)35-21-19(15-34-24(30)17-9-5-3-6-10-17)36-23(28-14-13-20(33-2)27-26(28)32)22(21)37-25(31)18-11-7-4-8-12-18/h3-14,19,21-23H,15H2,1-2H3/t19-,21-,22+,23+/m1/s1. The third-order valence-electron chi connectivity index (χ3n) is 5.52. The molecule has 0 spiro atoms. The van der Waals surface area contributed by atoms with Crippen LogP contribution in [0.25, 0.3) is 0 Å². The summed E-state index contributed by atoms with van der Waals surface area (Å²) in [5.74, 6) is -1.97. The van der Waals surface area contributed by atoms with Crippen molar-refractivity contribution < 1.29 is 38.1 Å². The first kappa shape index (κ1) is 25.6. The Balaban J connectivity index is 1.65. The number of carbonyl (C=O) groups excluding carboxylic acids is 3. The van der Waals surface area contributed by atoms with Gasteiger partial charge in [-0.25, -0.2) is 14.4 Å². The van der Waals surface area contributed by atoms with Crippen LogP contribution in [0, 0.1) is 0 Å². The molecule has 11 nitrogen and oxygen atoms in total. The molecule has 0 saturated carbocycles. The van der Waals surface area contributed by atoms with Crippen LogP contribution < -0.4 is 10.4 Å². The van der Waals surface area contributed by atoms with Crippen molar-refractivity contribution in [3.63, 3.8) is 0 Å². The summed E-state index contributed by atoms with van der Waals surface area (Å²) in [6.07, 6.45) is -3.43. The fraction of sp³-hybridized carbons (Fsp3) is 0.269. The second-order valence-electron chi connectivity index (χ2n) is 8.00. The normalized spacial score (nSPS) is 20.6. The number of nitrogens with zero attached hydrogens (tertiary/aromatic N) is 2. The lowest BCUT2D eigenvalue weighted by Crippen LogP contribution is -2.42. The number of aromatic nitrogens is 2. The minimum absolute atomic E-state index is 0.0713. The summed E-state index contributed by atoms with van der Waals surface area (Å²) in [6.45, 7) is 0.831. The molecular weight excluding hydrogens is 484 g/mol. The molecule has 192 valence electrons. The van der Waals surface area contributed by atoms with Crippen LogP contribution in [0.5, 0.6) is 5.88 Å². The maximum absolute atomic E-state index is 12.9. The van der Waals surface area contributed by atoms with E-state index in [2.05, 4.69) is 4.98 Å². The summed E-state index contributed by atoms with van der Waals surface area (Å²) >= 11 is 0. The fourth-order valence-corrected chi connectivity index (χ4v) is 3.81. The molecular formula is C26H24N2O9. The van der Waals surface area contributed by atoms with E-state index in [-0.39, 0.29) is 18.1 Å². The maximum atomic E-state index is 12.9. The van der Waals surface area contributed by atoms with Crippen molar-refractivity contribution in [2.75, 3.05) is 13.7 Å². The third-order valence-corrected chi connectivity index (χ3v) is 5.52. The Morgan fingerprint density at radius 2 is 1.51 bits per heavy atom. The van der Waals surface area contributed by atoms with Gasteiger partial charge in [0, 0.05) is 19.2 Å². The van der Waals surface area contributed by atoms with Gasteiger partial charge in [0.1, 0.15) is 12.7 Å². The minimum atomic E-state index is -1.27. The van der Waals surface area contributed by atoms with E-state index in [0.29, 0.717) is 5.56 Å². The summed E-state index contributed by atoms with van der Waals surface area (Å²) < 4.78 is 28.6. The lowest BCUT2D eigenvalue weighted by molar-refractivity contribution is -0.154. The Morgan fingerprint density at radius 3 is 2.08 bits per heavy atom. The van der Waals surface area contributed by atoms with Crippen molar-refractivity contribution in [2.24, 2.45) is 0 Å². The zero-order chi connectivity index (χ0) is 26.4. The maximum Gasteiger partial charge on any atom is 0.353 e. The molecule has 0 radical (unpaired) electrons. The van der Waals surface area contributed by atoms with Gasteiger partial charge in [-0.1, -0.05) is 36.4 Å². The molecule has 11 heteroatoms. The number of esters is 3. The fourth-order valence-electron chi connectivity index (χ4n) is 3.81. The average Bonchev–Trinajstić information content (AvgIpc) is 3.23. The van der Waals surface area contributed by atoms with Gasteiger partial charge in [-0.3, -0.25) is 9.36 Å². The van der Waals surface area contributed by atoms with Crippen molar-refractivity contribution in [3.8, 4) is 5.88 Å². The van der Waals surface area contributed by atoms with E-state index in [0.717, 1.165) is 4.57 Å². The first-order valence-electron chi connectivity index (χ1n) is 11.3. The van der Waals surface area contributed by atoms with E-state index in [1.54, 1.807) is 60.7 Å². The Bertz CT molecular complexity index is 1310. The number of hydrogen-bond acceptors (Lipinski definition) is 10. The van der Waals surface area contributed by atoms with Crippen LogP contribution in [0.1, 0.15) is 33.9 Å². The van der Waals surface area contributed by atoms with Gasteiger partial charge in [-0.2, -0.15) is 4.98 Å². The summed E-state index contributed by atoms with van der Waals surface area (Å²) in [5.41, 5.74) is -0.209. The second-order valence-corrected chi connectivity index (χ2v) is 8.00. The molecule has 1 aromatic heterocycles. The monoisotopic (exact) mass is 508 g/mol. The molecule has 1 fully saturated rings. The van der Waals surface area contributed by atoms with Crippen molar-refractivity contribution in [2.45, 2.75) is 31.5 Å². The lowest BCUT2D eigenvalue weighted by Gasteiger charge is -2.24. The topological polar surface area (TPSA) is 132 Å². The molecule has 4 rings (SSSR count). The van der Waals surface area contributed by atoms with Crippen LogP contribution in [0.3, 0.4) is 0 Å². The van der Waals surface area contributed by atoms with Crippen LogP contribution in [0.15, 0.2) is 77.7 Å². The molecule has 0 aliphatic carbocycles. The molecule has 1 aliphatic rings. The minimum Gasteiger partial charge on any atom is -0.481 e.